The number of anilines is 1. The van der Waals surface area contributed by atoms with Crippen LogP contribution in [-0.4, -0.2) is 17.4 Å². The summed E-state index contributed by atoms with van der Waals surface area (Å²) < 4.78 is 5.26. The standard InChI is InChI=1S/C21H24N2O4/c1-5-27-17-11-12-18(19(14-17)23(25)26)22-20(24)13-8-15-6-9-16(10-7-15)21(2,3)4/h6-14H,5H2,1-4H3,(H,22,24)/b13-8+. The smallest absolute Gasteiger partial charge is 0.296 e. The zero-order chi connectivity index (χ0) is 20.0. The van der Waals surface area contributed by atoms with Gasteiger partial charge in [0, 0.05) is 6.08 Å². The van der Waals surface area contributed by atoms with Gasteiger partial charge in [0.2, 0.25) is 5.91 Å². The van der Waals surface area contributed by atoms with E-state index in [1.807, 2.05) is 24.3 Å². The Morgan fingerprint density at radius 1 is 1.19 bits per heavy atom. The van der Waals surface area contributed by atoms with Crippen LogP contribution in [-0.2, 0) is 10.2 Å². The number of rotatable bonds is 6. The van der Waals surface area contributed by atoms with Gasteiger partial charge in [-0.3, -0.25) is 14.9 Å². The van der Waals surface area contributed by atoms with E-state index in [1.165, 1.54) is 23.8 Å². The first-order valence-corrected chi connectivity index (χ1v) is 8.71. The number of hydrogen-bond donors (Lipinski definition) is 1. The number of hydrogen-bond acceptors (Lipinski definition) is 4. The Balaban J connectivity index is 2.11. The maximum absolute atomic E-state index is 12.1. The van der Waals surface area contributed by atoms with Gasteiger partial charge in [0.15, 0.2) is 0 Å². The van der Waals surface area contributed by atoms with Crippen molar-refractivity contribution < 1.29 is 14.5 Å². The number of ether oxygens (including phenoxy) is 1. The summed E-state index contributed by atoms with van der Waals surface area (Å²) >= 11 is 0. The van der Waals surface area contributed by atoms with Crippen molar-refractivity contribution in [1.82, 2.24) is 0 Å². The van der Waals surface area contributed by atoms with Crippen molar-refractivity contribution in [2.45, 2.75) is 33.1 Å². The van der Waals surface area contributed by atoms with E-state index < -0.39 is 10.8 Å². The SMILES string of the molecule is CCOc1ccc(NC(=O)/C=C/c2ccc(C(C)(C)C)cc2)c([N+](=O)[O-])c1. The second kappa shape index (κ2) is 8.49. The number of nitro benzene ring substituents is 1. The molecule has 0 saturated carbocycles. The lowest BCUT2D eigenvalue weighted by atomic mass is 9.87. The second-order valence-corrected chi connectivity index (χ2v) is 7.06. The minimum atomic E-state index is -0.549. The Morgan fingerprint density at radius 2 is 1.85 bits per heavy atom. The molecule has 0 atom stereocenters. The number of nitrogens with zero attached hydrogens (tertiary/aromatic N) is 1. The molecule has 6 heteroatoms. The molecule has 2 aromatic carbocycles. The summed E-state index contributed by atoms with van der Waals surface area (Å²) in [4.78, 5) is 22.8. The Bertz CT molecular complexity index is 849. The van der Waals surface area contributed by atoms with Crippen molar-refractivity contribution in [3.8, 4) is 5.75 Å². The predicted octanol–water partition coefficient (Wildman–Crippen LogP) is 4.94. The number of carbonyl (C=O) groups is 1. The number of carbonyl (C=O) groups excluding carboxylic acids is 1. The number of nitrogens with one attached hydrogen (secondary N) is 1. The number of nitro groups is 1. The number of amides is 1. The molecule has 1 N–H and O–H groups in total. The number of benzene rings is 2. The molecule has 0 fully saturated rings. The largest absolute Gasteiger partial charge is 0.494 e. The molecule has 0 bridgehead atoms. The molecule has 0 radical (unpaired) electrons. The minimum Gasteiger partial charge on any atom is -0.494 e. The van der Waals surface area contributed by atoms with Gasteiger partial charge in [-0.2, -0.15) is 0 Å². The van der Waals surface area contributed by atoms with Gasteiger partial charge in [-0.15, -0.1) is 0 Å². The van der Waals surface area contributed by atoms with Gasteiger partial charge in [0.1, 0.15) is 11.4 Å². The van der Waals surface area contributed by atoms with Crippen LogP contribution >= 0.6 is 0 Å². The van der Waals surface area contributed by atoms with Crippen LogP contribution in [0, 0.1) is 10.1 Å². The van der Waals surface area contributed by atoms with Crippen molar-refractivity contribution in [3.05, 3.63) is 69.8 Å². The summed E-state index contributed by atoms with van der Waals surface area (Å²) in [6.45, 7) is 8.60. The van der Waals surface area contributed by atoms with Crippen LogP contribution in [0.2, 0.25) is 0 Å². The molecule has 0 aromatic heterocycles. The monoisotopic (exact) mass is 368 g/mol. The summed E-state index contributed by atoms with van der Waals surface area (Å²) in [6.07, 6.45) is 3.02. The predicted molar refractivity (Wildman–Crippen MR) is 107 cm³/mol. The topological polar surface area (TPSA) is 81.5 Å². The Hall–Kier alpha value is -3.15. The van der Waals surface area contributed by atoms with Gasteiger partial charge < -0.3 is 10.1 Å². The summed E-state index contributed by atoms with van der Waals surface area (Å²) in [5.41, 5.74) is 2.05. The third-order valence-corrected chi connectivity index (χ3v) is 3.94. The Morgan fingerprint density at radius 3 is 2.41 bits per heavy atom. The molecule has 27 heavy (non-hydrogen) atoms. The van der Waals surface area contributed by atoms with Crippen molar-refractivity contribution in [3.63, 3.8) is 0 Å². The van der Waals surface area contributed by atoms with Crippen LogP contribution < -0.4 is 10.1 Å². The second-order valence-electron chi connectivity index (χ2n) is 7.06. The molecule has 2 aromatic rings. The molecule has 0 aliphatic rings. The highest BCUT2D eigenvalue weighted by Crippen LogP contribution is 2.29. The molecule has 0 aliphatic carbocycles. The van der Waals surface area contributed by atoms with E-state index in [9.17, 15) is 14.9 Å². The maximum Gasteiger partial charge on any atom is 0.296 e. The summed E-state index contributed by atoms with van der Waals surface area (Å²) in [5, 5.41) is 13.8. The normalized spacial score (nSPS) is 11.4. The summed E-state index contributed by atoms with van der Waals surface area (Å²) in [7, 11) is 0. The van der Waals surface area contributed by atoms with Crippen molar-refractivity contribution in [1.29, 1.82) is 0 Å². The van der Waals surface area contributed by atoms with Crippen LogP contribution in [0.15, 0.2) is 48.5 Å². The van der Waals surface area contributed by atoms with Gasteiger partial charge in [-0.05, 0) is 41.7 Å². The zero-order valence-electron chi connectivity index (χ0n) is 16.0. The third-order valence-electron chi connectivity index (χ3n) is 3.94. The molecule has 2 rings (SSSR count). The van der Waals surface area contributed by atoms with E-state index in [2.05, 4.69) is 26.1 Å². The molecule has 0 heterocycles. The highest BCUT2D eigenvalue weighted by molar-refractivity contribution is 6.03. The molecular weight excluding hydrogens is 344 g/mol. The quantitative estimate of drug-likeness (QED) is 0.445. The molecule has 6 nitrogen and oxygen atoms in total. The highest BCUT2D eigenvalue weighted by Gasteiger charge is 2.16. The van der Waals surface area contributed by atoms with Crippen molar-refractivity contribution in [2.24, 2.45) is 0 Å². The molecular formula is C21H24N2O4. The molecule has 142 valence electrons. The lowest BCUT2D eigenvalue weighted by Crippen LogP contribution is -2.10. The van der Waals surface area contributed by atoms with Crippen molar-refractivity contribution >= 4 is 23.4 Å². The maximum atomic E-state index is 12.1. The fraction of sp³-hybridized carbons (Fsp3) is 0.286. The van der Waals surface area contributed by atoms with E-state index in [0.717, 1.165) is 5.56 Å². The van der Waals surface area contributed by atoms with Crippen LogP contribution in [0.5, 0.6) is 5.75 Å². The average Bonchev–Trinajstić information content (AvgIpc) is 2.61. The Kier molecular flexibility index (Phi) is 6.34. The zero-order valence-corrected chi connectivity index (χ0v) is 16.0. The molecule has 1 amide bonds. The lowest BCUT2D eigenvalue weighted by Gasteiger charge is -2.18. The molecule has 0 saturated heterocycles. The van der Waals surface area contributed by atoms with Gasteiger partial charge in [-0.25, -0.2) is 0 Å². The Labute approximate surface area is 159 Å². The fourth-order valence-corrected chi connectivity index (χ4v) is 2.47. The summed E-state index contributed by atoms with van der Waals surface area (Å²) in [6, 6.07) is 12.3. The first-order valence-electron chi connectivity index (χ1n) is 8.71. The molecule has 0 spiro atoms. The van der Waals surface area contributed by atoms with E-state index in [-0.39, 0.29) is 16.8 Å². The van der Waals surface area contributed by atoms with Gasteiger partial charge in [0.05, 0.1) is 17.6 Å². The van der Waals surface area contributed by atoms with Gasteiger partial charge >= 0.3 is 0 Å². The first-order chi connectivity index (χ1) is 12.7. The lowest BCUT2D eigenvalue weighted by molar-refractivity contribution is -0.384. The van der Waals surface area contributed by atoms with E-state index in [0.29, 0.717) is 12.4 Å². The molecule has 0 unspecified atom stereocenters. The van der Waals surface area contributed by atoms with Gasteiger partial charge in [0.25, 0.3) is 5.69 Å². The average molecular weight is 368 g/mol. The van der Waals surface area contributed by atoms with E-state index in [1.54, 1.807) is 19.1 Å². The first kappa shape index (κ1) is 20.2. The van der Waals surface area contributed by atoms with Crippen LogP contribution in [0.3, 0.4) is 0 Å². The fourth-order valence-electron chi connectivity index (χ4n) is 2.47. The van der Waals surface area contributed by atoms with Crippen LogP contribution in [0.25, 0.3) is 6.08 Å². The highest BCUT2D eigenvalue weighted by atomic mass is 16.6. The van der Waals surface area contributed by atoms with Gasteiger partial charge in [-0.1, -0.05) is 45.0 Å². The minimum absolute atomic E-state index is 0.0617. The van der Waals surface area contributed by atoms with E-state index >= 15 is 0 Å². The summed E-state index contributed by atoms with van der Waals surface area (Å²) in [5.74, 6) is -0.0566. The van der Waals surface area contributed by atoms with E-state index in [4.69, 9.17) is 4.74 Å². The molecule has 0 aliphatic heterocycles. The third kappa shape index (κ3) is 5.67. The van der Waals surface area contributed by atoms with Crippen LogP contribution in [0.4, 0.5) is 11.4 Å². The van der Waals surface area contributed by atoms with Crippen molar-refractivity contribution in [2.75, 3.05) is 11.9 Å². The van der Waals surface area contributed by atoms with Crippen LogP contribution in [0.1, 0.15) is 38.8 Å².